The highest BCUT2D eigenvalue weighted by atomic mass is 16.3. The first-order chi connectivity index (χ1) is 16.5. The lowest BCUT2D eigenvalue weighted by Gasteiger charge is -2.41. The van der Waals surface area contributed by atoms with Crippen molar-refractivity contribution in [1.82, 2.24) is 15.1 Å². The Morgan fingerprint density at radius 2 is 1.85 bits per heavy atom. The third-order valence-corrected chi connectivity index (χ3v) is 8.68. The monoisotopic (exact) mass is 469 g/mol. The highest BCUT2D eigenvalue weighted by Gasteiger charge is 2.41. The van der Waals surface area contributed by atoms with Crippen molar-refractivity contribution in [1.29, 1.82) is 0 Å². The maximum absolute atomic E-state index is 12.8. The number of rotatable bonds is 11. The van der Waals surface area contributed by atoms with E-state index in [-0.39, 0.29) is 11.9 Å². The minimum atomic E-state index is 0.234. The molecule has 3 aliphatic rings. The summed E-state index contributed by atoms with van der Waals surface area (Å²) in [4.78, 5) is 17.7. The lowest BCUT2D eigenvalue weighted by atomic mass is 9.83. The van der Waals surface area contributed by atoms with E-state index in [2.05, 4.69) is 35.3 Å². The first-order valence-corrected chi connectivity index (χ1v) is 14.0. The number of aromatic hydroxyl groups is 1. The van der Waals surface area contributed by atoms with Crippen LogP contribution in [0.1, 0.15) is 95.0 Å². The number of hydrogen-bond donors (Lipinski definition) is 2. The van der Waals surface area contributed by atoms with Crippen molar-refractivity contribution in [3.63, 3.8) is 0 Å². The van der Waals surface area contributed by atoms with Gasteiger partial charge < -0.3 is 15.3 Å². The fraction of sp³-hybridized carbons (Fsp3) is 0.759. The van der Waals surface area contributed by atoms with Crippen LogP contribution in [0.3, 0.4) is 0 Å². The van der Waals surface area contributed by atoms with Crippen molar-refractivity contribution in [2.75, 3.05) is 27.2 Å². The van der Waals surface area contributed by atoms with Crippen LogP contribution in [0.15, 0.2) is 24.3 Å². The third kappa shape index (κ3) is 7.21. The van der Waals surface area contributed by atoms with Crippen LogP contribution in [0, 0.1) is 5.92 Å². The Hall–Kier alpha value is -1.59. The Labute approximate surface area is 207 Å². The van der Waals surface area contributed by atoms with E-state index in [0.717, 1.165) is 31.8 Å². The van der Waals surface area contributed by atoms with Gasteiger partial charge in [0.2, 0.25) is 5.91 Å². The van der Waals surface area contributed by atoms with Crippen LogP contribution >= 0.6 is 0 Å². The highest BCUT2D eigenvalue weighted by Crippen LogP contribution is 2.43. The largest absolute Gasteiger partial charge is 0.508 e. The molecule has 2 aliphatic heterocycles. The lowest BCUT2D eigenvalue weighted by molar-refractivity contribution is -0.122. The summed E-state index contributed by atoms with van der Waals surface area (Å²) < 4.78 is 0. The minimum Gasteiger partial charge on any atom is -0.508 e. The van der Waals surface area contributed by atoms with E-state index in [0.29, 0.717) is 30.2 Å². The molecule has 2 heterocycles. The first-order valence-electron chi connectivity index (χ1n) is 14.0. The zero-order chi connectivity index (χ0) is 23.9. The Morgan fingerprint density at radius 3 is 2.53 bits per heavy atom. The quantitative estimate of drug-likeness (QED) is 0.462. The summed E-state index contributed by atoms with van der Waals surface area (Å²) in [6.45, 7) is 1.97. The summed E-state index contributed by atoms with van der Waals surface area (Å²) in [5, 5.41) is 13.4. The molecule has 1 unspecified atom stereocenters. The Morgan fingerprint density at radius 1 is 1.12 bits per heavy atom. The standard InChI is InChI=1S/C29H47N3O2/c1-31(2)17-7-12-29(34)30-25(14-13-22-8-4-3-5-9-22)21-32-26-15-16-27(32)19-24(18-26)23-10-6-11-28(33)20-23/h6,10-11,20,22,24-27,33H,3-5,7-9,12-19,21H2,1-2H3,(H,30,34)/t25?,26-,27-/m1/s1. The van der Waals surface area contributed by atoms with E-state index in [1.807, 2.05) is 12.1 Å². The van der Waals surface area contributed by atoms with Crippen LogP contribution in [-0.2, 0) is 4.79 Å². The SMILES string of the molecule is CN(C)CCCC(=O)NC(CCC1CCCCC1)CN1[C@@H]2CC[C@@H]1CC(c1cccc(O)c1)C2. The summed E-state index contributed by atoms with van der Waals surface area (Å²) in [7, 11) is 4.14. The smallest absolute Gasteiger partial charge is 0.220 e. The molecule has 0 radical (unpaired) electrons. The van der Waals surface area contributed by atoms with Crippen LogP contribution in [0.2, 0.25) is 0 Å². The second kappa shape index (κ2) is 12.4. The van der Waals surface area contributed by atoms with Crippen LogP contribution in [0.25, 0.3) is 0 Å². The number of hydrogen-bond acceptors (Lipinski definition) is 4. The predicted octanol–water partition coefficient (Wildman–Crippen LogP) is 5.29. The molecule has 34 heavy (non-hydrogen) atoms. The van der Waals surface area contributed by atoms with Crippen molar-refractivity contribution in [3.8, 4) is 5.75 Å². The number of phenolic OH excluding ortho intramolecular Hbond substituents is 1. The molecular weight excluding hydrogens is 422 g/mol. The molecule has 1 aliphatic carbocycles. The van der Waals surface area contributed by atoms with Gasteiger partial charge in [-0.05, 0) is 95.1 Å². The molecule has 2 bridgehead atoms. The van der Waals surface area contributed by atoms with E-state index < -0.39 is 0 Å². The maximum atomic E-state index is 12.8. The molecule has 1 amide bonds. The Balaban J connectivity index is 1.35. The number of benzene rings is 1. The third-order valence-electron chi connectivity index (χ3n) is 8.68. The topological polar surface area (TPSA) is 55.8 Å². The normalized spacial score (nSPS) is 26.6. The molecule has 2 saturated heterocycles. The molecular formula is C29H47N3O2. The summed E-state index contributed by atoms with van der Waals surface area (Å²) in [6.07, 6.45) is 15.8. The van der Waals surface area contributed by atoms with Crippen LogP contribution in [0.4, 0.5) is 0 Å². The van der Waals surface area contributed by atoms with Crippen molar-refractivity contribution in [2.45, 2.75) is 108 Å². The number of piperidine rings is 1. The lowest BCUT2D eigenvalue weighted by Crippen LogP contribution is -2.50. The molecule has 5 nitrogen and oxygen atoms in total. The van der Waals surface area contributed by atoms with E-state index in [9.17, 15) is 9.90 Å². The van der Waals surface area contributed by atoms with E-state index >= 15 is 0 Å². The van der Waals surface area contributed by atoms with E-state index in [4.69, 9.17) is 0 Å². The molecule has 2 N–H and O–H groups in total. The van der Waals surface area contributed by atoms with Crippen LogP contribution in [0.5, 0.6) is 5.75 Å². The van der Waals surface area contributed by atoms with Crippen molar-refractivity contribution >= 4 is 5.91 Å². The fourth-order valence-corrected chi connectivity index (χ4v) is 6.86. The van der Waals surface area contributed by atoms with Gasteiger partial charge in [-0.25, -0.2) is 0 Å². The minimum absolute atomic E-state index is 0.234. The molecule has 4 rings (SSSR count). The fourth-order valence-electron chi connectivity index (χ4n) is 6.86. The number of fused-ring (bicyclic) bond motifs is 2. The zero-order valence-corrected chi connectivity index (χ0v) is 21.6. The van der Waals surface area contributed by atoms with Gasteiger partial charge in [-0.3, -0.25) is 9.69 Å². The average molecular weight is 470 g/mol. The Bertz CT molecular complexity index is 762. The molecule has 1 aromatic rings. The predicted molar refractivity (Wildman–Crippen MR) is 139 cm³/mol. The first kappa shape index (κ1) is 25.5. The molecule has 0 aromatic heterocycles. The van der Waals surface area contributed by atoms with Gasteiger partial charge >= 0.3 is 0 Å². The van der Waals surface area contributed by atoms with Gasteiger partial charge in [0.1, 0.15) is 5.75 Å². The van der Waals surface area contributed by atoms with E-state index in [1.165, 1.54) is 69.8 Å². The second-order valence-electron chi connectivity index (χ2n) is 11.6. The summed E-state index contributed by atoms with van der Waals surface area (Å²) in [5.74, 6) is 2.02. The molecule has 190 valence electrons. The molecule has 3 fully saturated rings. The van der Waals surface area contributed by atoms with Crippen molar-refractivity contribution < 1.29 is 9.90 Å². The molecule has 3 atom stereocenters. The highest BCUT2D eigenvalue weighted by molar-refractivity contribution is 5.76. The van der Waals surface area contributed by atoms with Crippen molar-refractivity contribution in [3.05, 3.63) is 29.8 Å². The van der Waals surface area contributed by atoms with Gasteiger partial charge in [0.25, 0.3) is 0 Å². The number of amides is 1. The average Bonchev–Trinajstić information content (AvgIpc) is 3.04. The molecule has 1 aromatic carbocycles. The summed E-state index contributed by atoms with van der Waals surface area (Å²) in [5.41, 5.74) is 1.29. The number of nitrogens with one attached hydrogen (secondary N) is 1. The van der Waals surface area contributed by atoms with Gasteiger partial charge in [0, 0.05) is 31.1 Å². The summed E-state index contributed by atoms with van der Waals surface area (Å²) >= 11 is 0. The van der Waals surface area contributed by atoms with Gasteiger partial charge in [-0.1, -0.05) is 44.2 Å². The van der Waals surface area contributed by atoms with Gasteiger partial charge in [0.15, 0.2) is 0 Å². The number of nitrogens with zero attached hydrogens (tertiary/aromatic N) is 2. The van der Waals surface area contributed by atoms with Crippen molar-refractivity contribution in [2.24, 2.45) is 5.92 Å². The zero-order valence-electron chi connectivity index (χ0n) is 21.6. The van der Waals surface area contributed by atoms with Gasteiger partial charge in [-0.15, -0.1) is 0 Å². The molecule has 1 saturated carbocycles. The van der Waals surface area contributed by atoms with E-state index in [1.54, 1.807) is 6.07 Å². The maximum Gasteiger partial charge on any atom is 0.220 e. The number of phenols is 1. The van der Waals surface area contributed by atoms with Crippen LogP contribution < -0.4 is 5.32 Å². The van der Waals surface area contributed by atoms with Gasteiger partial charge in [-0.2, -0.15) is 0 Å². The number of carbonyl (C=O) groups is 1. The Kier molecular flexibility index (Phi) is 9.30. The summed E-state index contributed by atoms with van der Waals surface area (Å²) in [6, 6.07) is 9.37. The number of carbonyl (C=O) groups excluding carboxylic acids is 1. The molecule has 5 heteroatoms. The van der Waals surface area contributed by atoms with Crippen LogP contribution in [-0.4, -0.2) is 66.1 Å². The molecule has 0 spiro atoms. The second-order valence-corrected chi connectivity index (χ2v) is 11.6. The van der Waals surface area contributed by atoms with Gasteiger partial charge in [0.05, 0.1) is 0 Å².